The van der Waals surface area contributed by atoms with Crippen molar-refractivity contribution in [2.75, 3.05) is 11.3 Å². The van der Waals surface area contributed by atoms with E-state index < -0.39 is 18.6 Å². The number of anilines is 1. The first kappa shape index (κ1) is 30.2. The Hall–Kier alpha value is -3.24. The van der Waals surface area contributed by atoms with Gasteiger partial charge in [-0.05, 0) is 73.4 Å². The second-order valence-electron chi connectivity index (χ2n) is 11.1. The van der Waals surface area contributed by atoms with Crippen LogP contribution in [0, 0.1) is 13.8 Å². The average molecular weight is 597 g/mol. The fourth-order valence-corrected chi connectivity index (χ4v) is 6.48. The Morgan fingerprint density at radius 3 is 2.64 bits per heavy atom. The molecule has 1 N–H and O–H groups in total. The lowest BCUT2D eigenvalue weighted by molar-refractivity contribution is -0.131. The zero-order chi connectivity index (χ0) is 29.7. The molecule has 1 fully saturated rings. The molecular formula is C32H38F2N4O3S. The minimum Gasteiger partial charge on any atom is -0.371 e. The van der Waals surface area contributed by atoms with Gasteiger partial charge in [0.25, 0.3) is 12.3 Å². The maximum absolute atomic E-state index is 13.7. The molecule has 42 heavy (non-hydrogen) atoms. The number of nitrogens with zero attached hydrogens (tertiary/aromatic N) is 3. The molecule has 1 amide bonds. The Bertz CT molecular complexity index is 1430. The van der Waals surface area contributed by atoms with Gasteiger partial charge in [0, 0.05) is 16.9 Å². The number of ether oxygens (including phenoxy) is 1. The van der Waals surface area contributed by atoms with Crippen LogP contribution in [0.3, 0.4) is 0 Å². The number of rotatable bonds is 13. The third-order valence-corrected chi connectivity index (χ3v) is 8.95. The molecule has 1 spiro atoms. The normalized spacial score (nSPS) is 16.2. The van der Waals surface area contributed by atoms with Gasteiger partial charge in [-0.2, -0.15) is 0 Å². The van der Waals surface area contributed by atoms with E-state index in [1.54, 1.807) is 0 Å². The Labute approximate surface area is 250 Å². The van der Waals surface area contributed by atoms with Crippen molar-refractivity contribution in [2.24, 2.45) is 4.99 Å². The van der Waals surface area contributed by atoms with E-state index in [1.807, 2.05) is 61.2 Å². The van der Waals surface area contributed by atoms with E-state index in [0.29, 0.717) is 12.4 Å². The second kappa shape index (κ2) is 13.4. The number of nitrogens with one attached hydrogen (secondary N) is 1. The number of unbranched alkanes of at least 4 members (excludes halogenated alkanes) is 1. The van der Waals surface area contributed by atoms with Crippen molar-refractivity contribution in [3.05, 3.63) is 64.8 Å². The van der Waals surface area contributed by atoms with Gasteiger partial charge >= 0.3 is 0 Å². The van der Waals surface area contributed by atoms with Gasteiger partial charge in [-0.25, -0.2) is 8.78 Å². The van der Waals surface area contributed by atoms with Crippen molar-refractivity contribution >= 4 is 29.6 Å². The number of carbonyl (C=O) groups excluding carboxylic acids is 1. The van der Waals surface area contributed by atoms with Crippen LogP contribution < -0.4 is 4.72 Å². The molecule has 0 unspecified atom stereocenters. The molecule has 3 aromatic rings. The lowest BCUT2D eigenvalue weighted by atomic mass is 9.96. The van der Waals surface area contributed by atoms with E-state index in [-0.39, 0.29) is 12.5 Å². The number of aryl methyl sites for hydroxylation is 1. The molecule has 0 bridgehead atoms. The molecule has 2 aromatic carbocycles. The Kier molecular flexibility index (Phi) is 9.63. The van der Waals surface area contributed by atoms with Crippen molar-refractivity contribution in [2.45, 2.75) is 95.7 Å². The minimum atomic E-state index is -2.56. The van der Waals surface area contributed by atoms with E-state index in [1.165, 1.54) is 11.9 Å². The first-order valence-electron chi connectivity index (χ1n) is 14.6. The van der Waals surface area contributed by atoms with Crippen LogP contribution in [0.25, 0.3) is 11.1 Å². The topological polar surface area (TPSA) is 80.0 Å². The van der Waals surface area contributed by atoms with E-state index in [2.05, 4.69) is 16.8 Å². The van der Waals surface area contributed by atoms with Gasteiger partial charge in [-0.1, -0.05) is 67.7 Å². The third kappa shape index (κ3) is 6.54. The average Bonchev–Trinajstić information content (AvgIpc) is 3.66. The van der Waals surface area contributed by atoms with Gasteiger partial charge in [0.2, 0.25) is 5.88 Å². The quantitative estimate of drug-likeness (QED) is 0.201. The van der Waals surface area contributed by atoms with Crippen LogP contribution in [0.1, 0.15) is 74.3 Å². The lowest BCUT2D eigenvalue weighted by Gasteiger charge is -2.23. The zero-order valence-corrected chi connectivity index (χ0v) is 25.2. The number of carbonyl (C=O) groups is 1. The summed E-state index contributed by atoms with van der Waals surface area (Å²) in [7, 11) is 0. The summed E-state index contributed by atoms with van der Waals surface area (Å²) < 4.78 is 40.1. The number of amidine groups is 1. The summed E-state index contributed by atoms with van der Waals surface area (Å²) in [6.45, 7) is 5.74. The SMILES string of the molecule is CCCCC1=NC2(CCCC2)C(=O)N1Cc1ccc(-c2ccccc2SNc2onc(C)c2C)c(COCC(F)F)c1. The summed E-state index contributed by atoms with van der Waals surface area (Å²) >= 11 is 1.40. The summed E-state index contributed by atoms with van der Waals surface area (Å²) in [4.78, 5) is 21.5. The summed E-state index contributed by atoms with van der Waals surface area (Å²) in [5.74, 6) is 1.55. The highest BCUT2D eigenvalue weighted by atomic mass is 32.2. The maximum atomic E-state index is 13.7. The maximum Gasteiger partial charge on any atom is 0.261 e. The molecule has 1 aliphatic heterocycles. The number of halogens is 2. The first-order valence-corrected chi connectivity index (χ1v) is 15.5. The minimum absolute atomic E-state index is 0.0228. The molecular weight excluding hydrogens is 558 g/mol. The van der Waals surface area contributed by atoms with E-state index in [9.17, 15) is 13.6 Å². The number of alkyl halides is 2. The Morgan fingerprint density at radius 2 is 1.93 bits per heavy atom. The van der Waals surface area contributed by atoms with Crippen LogP contribution in [0.4, 0.5) is 14.7 Å². The van der Waals surface area contributed by atoms with Crippen molar-refractivity contribution in [1.29, 1.82) is 0 Å². The van der Waals surface area contributed by atoms with Crippen LogP contribution in [0.2, 0.25) is 0 Å². The van der Waals surface area contributed by atoms with Crippen LogP contribution in [-0.2, 0) is 22.7 Å². The van der Waals surface area contributed by atoms with Crippen LogP contribution in [0.5, 0.6) is 0 Å². The Balaban J connectivity index is 1.43. The van der Waals surface area contributed by atoms with Crippen LogP contribution in [-0.4, -0.2) is 40.4 Å². The standard InChI is InChI=1S/C32H38F2N4O3S/c1-4-5-12-29-35-32(15-8-9-16-32)31(39)38(29)18-23-13-14-25(24(17-23)19-40-20-28(33)34)26-10-6-7-11-27(26)42-37-30-21(2)22(3)36-41-30/h6-7,10-11,13-14,17,28,37H,4-5,8-9,12,15-16,18-20H2,1-3H3. The van der Waals surface area contributed by atoms with Gasteiger partial charge in [-0.3, -0.25) is 19.4 Å². The monoisotopic (exact) mass is 596 g/mol. The predicted molar refractivity (Wildman–Crippen MR) is 162 cm³/mol. The zero-order valence-electron chi connectivity index (χ0n) is 24.4. The molecule has 0 radical (unpaired) electrons. The number of amides is 1. The molecule has 224 valence electrons. The Morgan fingerprint density at radius 1 is 1.14 bits per heavy atom. The number of hydrogen-bond donors (Lipinski definition) is 1. The molecule has 2 aliphatic rings. The highest BCUT2D eigenvalue weighted by molar-refractivity contribution is 8.00. The molecule has 1 aromatic heterocycles. The van der Waals surface area contributed by atoms with Crippen molar-refractivity contribution in [3.63, 3.8) is 0 Å². The van der Waals surface area contributed by atoms with E-state index in [0.717, 1.165) is 89.2 Å². The van der Waals surface area contributed by atoms with Crippen molar-refractivity contribution in [1.82, 2.24) is 10.1 Å². The first-order chi connectivity index (χ1) is 20.3. The summed E-state index contributed by atoms with van der Waals surface area (Å²) in [5.41, 5.74) is 4.65. The van der Waals surface area contributed by atoms with Crippen LogP contribution in [0.15, 0.2) is 56.9 Å². The van der Waals surface area contributed by atoms with E-state index >= 15 is 0 Å². The third-order valence-electron chi connectivity index (χ3n) is 8.08. The van der Waals surface area contributed by atoms with Gasteiger partial charge in [-0.15, -0.1) is 0 Å². The summed E-state index contributed by atoms with van der Waals surface area (Å²) in [5, 5.41) is 4.01. The van der Waals surface area contributed by atoms with Gasteiger partial charge in [0.1, 0.15) is 18.0 Å². The van der Waals surface area contributed by atoms with Gasteiger partial charge in [0.05, 0.1) is 18.8 Å². The fraction of sp³-hybridized carbons (Fsp3) is 0.469. The van der Waals surface area contributed by atoms with Gasteiger partial charge in [0.15, 0.2) is 0 Å². The molecule has 1 aliphatic carbocycles. The highest BCUT2D eigenvalue weighted by Crippen LogP contribution is 2.41. The molecule has 1 saturated carbocycles. The van der Waals surface area contributed by atoms with E-state index in [4.69, 9.17) is 14.3 Å². The molecule has 0 atom stereocenters. The van der Waals surface area contributed by atoms with Crippen molar-refractivity contribution < 1.29 is 22.8 Å². The fourth-order valence-electron chi connectivity index (χ4n) is 5.66. The number of aromatic nitrogens is 1. The summed E-state index contributed by atoms with van der Waals surface area (Å²) in [6, 6.07) is 13.9. The number of aliphatic imine (C=N–C) groups is 1. The number of benzene rings is 2. The van der Waals surface area contributed by atoms with Gasteiger partial charge < -0.3 is 9.26 Å². The largest absolute Gasteiger partial charge is 0.371 e. The highest BCUT2D eigenvalue weighted by Gasteiger charge is 2.49. The molecule has 2 heterocycles. The summed E-state index contributed by atoms with van der Waals surface area (Å²) in [6.07, 6.45) is 3.86. The predicted octanol–water partition coefficient (Wildman–Crippen LogP) is 8.10. The second-order valence-corrected chi connectivity index (χ2v) is 11.9. The molecule has 7 nitrogen and oxygen atoms in total. The molecule has 5 rings (SSSR count). The van der Waals surface area contributed by atoms with Crippen LogP contribution >= 0.6 is 11.9 Å². The molecule has 10 heteroatoms. The lowest BCUT2D eigenvalue weighted by Crippen LogP contribution is -2.40. The molecule has 0 saturated heterocycles. The smallest absolute Gasteiger partial charge is 0.261 e. The van der Waals surface area contributed by atoms with Crippen molar-refractivity contribution in [3.8, 4) is 11.1 Å². The number of hydrogen-bond acceptors (Lipinski definition) is 7.